The van der Waals surface area contributed by atoms with Crippen LogP contribution in [0.4, 0.5) is 0 Å². The smallest absolute Gasteiger partial charge is 0.303 e. The summed E-state index contributed by atoms with van der Waals surface area (Å²) in [5, 5.41) is 19.7. The maximum Gasteiger partial charge on any atom is 0.303 e. The number of hydrogen-bond donors (Lipinski definition) is 1. The molecular weight excluding hydrogens is 460 g/mol. The number of aromatic nitrogens is 2. The summed E-state index contributed by atoms with van der Waals surface area (Å²) in [6, 6.07) is 17.2. The second-order valence-electron chi connectivity index (χ2n) is 7.36. The highest BCUT2D eigenvalue weighted by Crippen LogP contribution is 2.35. The van der Waals surface area contributed by atoms with Crippen LogP contribution in [0.5, 0.6) is 0 Å². The number of amides is 1. The van der Waals surface area contributed by atoms with Crippen LogP contribution in [0.2, 0.25) is 0 Å². The molecule has 31 heavy (non-hydrogen) atoms. The van der Waals surface area contributed by atoms with Crippen LogP contribution in [0.25, 0.3) is 5.69 Å². The number of nitrogens with zero attached hydrogens (tertiary/aromatic N) is 4. The Morgan fingerprint density at radius 3 is 2.61 bits per heavy atom. The highest BCUT2D eigenvalue weighted by Gasteiger charge is 2.34. The molecule has 0 fully saturated rings. The molecule has 0 aliphatic carbocycles. The normalized spacial score (nSPS) is 15.7. The fourth-order valence-electron chi connectivity index (χ4n) is 3.66. The Morgan fingerprint density at radius 1 is 1.13 bits per heavy atom. The van der Waals surface area contributed by atoms with E-state index in [1.54, 1.807) is 4.68 Å². The topological polar surface area (TPSA) is 87.8 Å². The van der Waals surface area contributed by atoms with Crippen molar-refractivity contribution in [2.24, 2.45) is 5.10 Å². The quantitative estimate of drug-likeness (QED) is 0.562. The molecule has 8 heteroatoms. The van der Waals surface area contributed by atoms with Crippen molar-refractivity contribution >= 4 is 33.5 Å². The molecule has 1 atom stereocenters. The van der Waals surface area contributed by atoms with Crippen LogP contribution >= 0.6 is 15.9 Å². The largest absolute Gasteiger partial charge is 0.481 e. The number of carboxylic acids is 1. The number of halogens is 1. The molecule has 2 heterocycles. The van der Waals surface area contributed by atoms with E-state index in [1.807, 2.05) is 67.7 Å². The van der Waals surface area contributed by atoms with Crippen LogP contribution in [0.1, 0.15) is 42.1 Å². The van der Waals surface area contributed by atoms with E-state index in [0.29, 0.717) is 6.42 Å². The summed E-state index contributed by atoms with van der Waals surface area (Å²) < 4.78 is 2.71. The molecule has 3 aromatic rings. The lowest BCUT2D eigenvalue weighted by molar-refractivity contribution is -0.141. The Labute approximate surface area is 188 Å². The molecular formula is C23H21BrN4O3. The monoisotopic (exact) mass is 480 g/mol. The van der Waals surface area contributed by atoms with Crippen LogP contribution in [-0.4, -0.2) is 37.5 Å². The molecule has 0 radical (unpaired) electrons. The van der Waals surface area contributed by atoms with Crippen LogP contribution < -0.4 is 0 Å². The van der Waals surface area contributed by atoms with E-state index >= 15 is 0 Å². The third-order valence-electron chi connectivity index (χ3n) is 5.18. The summed E-state index contributed by atoms with van der Waals surface area (Å²) >= 11 is 3.48. The first-order valence-electron chi connectivity index (χ1n) is 9.91. The van der Waals surface area contributed by atoms with Gasteiger partial charge in [-0.05, 0) is 36.8 Å². The van der Waals surface area contributed by atoms with Gasteiger partial charge in [0.1, 0.15) is 0 Å². The molecule has 0 saturated heterocycles. The number of carbonyl (C=O) groups is 2. The third-order valence-corrected chi connectivity index (χ3v) is 5.68. The first kappa shape index (κ1) is 21.0. The van der Waals surface area contributed by atoms with Gasteiger partial charge in [0.05, 0.1) is 29.6 Å². The van der Waals surface area contributed by atoms with Crippen LogP contribution in [0.3, 0.4) is 0 Å². The minimum absolute atomic E-state index is 0.0983. The highest BCUT2D eigenvalue weighted by molar-refractivity contribution is 9.10. The zero-order chi connectivity index (χ0) is 22.0. The first-order chi connectivity index (χ1) is 14.9. The SMILES string of the molecule is Cc1nn(-c2ccccc2)cc1C1=NN(C(=O)CCC(=O)O)[C@H](c2cccc(Br)c2)C1. The molecule has 0 spiro atoms. The van der Waals surface area contributed by atoms with E-state index in [9.17, 15) is 9.59 Å². The zero-order valence-corrected chi connectivity index (χ0v) is 18.5. The van der Waals surface area contributed by atoms with Crippen LogP contribution in [-0.2, 0) is 9.59 Å². The Balaban J connectivity index is 1.68. The van der Waals surface area contributed by atoms with Crippen molar-refractivity contribution in [3.63, 3.8) is 0 Å². The zero-order valence-electron chi connectivity index (χ0n) is 16.9. The standard InChI is InChI=1S/C23H21BrN4O3/c1-15-19(14-27(25-15)18-8-3-2-4-9-18)20-13-21(16-6-5-7-17(24)12-16)28(26-20)22(29)10-11-23(30)31/h2-9,12,14,21H,10-11,13H2,1H3,(H,30,31)/t21-/m0/s1. The Hall–Kier alpha value is -3.26. The number of aryl methyl sites for hydroxylation is 1. The number of para-hydroxylation sites is 1. The van der Waals surface area contributed by atoms with Gasteiger partial charge in [-0.3, -0.25) is 9.59 Å². The Kier molecular flexibility index (Phi) is 5.99. The van der Waals surface area contributed by atoms with Gasteiger partial charge in [0.2, 0.25) is 5.91 Å². The number of carboxylic acid groups (broad SMARTS) is 1. The van der Waals surface area contributed by atoms with Gasteiger partial charge in [-0.25, -0.2) is 9.69 Å². The number of hydrogen-bond acceptors (Lipinski definition) is 4. The van der Waals surface area contributed by atoms with Crippen molar-refractivity contribution in [3.05, 3.63) is 82.1 Å². The maximum absolute atomic E-state index is 12.8. The molecule has 2 aromatic carbocycles. The minimum atomic E-state index is -1.00. The molecule has 7 nitrogen and oxygen atoms in total. The number of aliphatic carboxylic acids is 1. The molecule has 158 valence electrons. The fraction of sp³-hybridized carbons (Fsp3) is 0.217. The second-order valence-corrected chi connectivity index (χ2v) is 8.28. The maximum atomic E-state index is 12.8. The van der Waals surface area contributed by atoms with Crippen molar-refractivity contribution in [3.8, 4) is 5.69 Å². The van der Waals surface area contributed by atoms with Crippen molar-refractivity contribution in [1.29, 1.82) is 0 Å². The van der Waals surface area contributed by atoms with Crippen molar-refractivity contribution in [2.75, 3.05) is 0 Å². The predicted octanol–water partition coefficient (Wildman–Crippen LogP) is 4.49. The van der Waals surface area contributed by atoms with Gasteiger partial charge in [0, 0.05) is 29.1 Å². The molecule has 4 rings (SSSR count). The van der Waals surface area contributed by atoms with E-state index in [-0.39, 0.29) is 24.8 Å². The molecule has 0 saturated carbocycles. The van der Waals surface area contributed by atoms with E-state index in [4.69, 9.17) is 5.11 Å². The molecule has 1 aromatic heterocycles. The third kappa shape index (κ3) is 4.59. The van der Waals surface area contributed by atoms with E-state index < -0.39 is 5.97 Å². The summed E-state index contributed by atoms with van der Waals surface area (Å²) in [7, 11) is 0. The average Bonchev–Trinajstić information content (AvgIpc) is 3.36. The van der Waals surface area contributed by atoms with Crippen LogP contribution in [0, 0.1) is 6.92 Å². The van der Waals surface area contributed by atoms with Gasteiger partial charge in [-0.15, -0.1) is 0 Å². The van der Waals surface area contributed by atoms with E-state index in [1.165, 1.54) is 5.01 Å². The Morgan fingerprint density at radius 2 is 1.90 bits per heavy atom. The van der Waals surface area contributed by atoms with Gasteiger partial charge < -0.3 is 5.11 Å². The fourth-order valence-corrected chi connectivity index (χ4v) is 4.08. The molecule has 1 N–H and O–H groups in total. The molecule has 0 bridgehead atoms. The van der Waals surface area contributed by atoms with Crippen LogP contribution in [0.15, 0.2) is 70.4 Å². The molecule has 1 aliphatic heterocycles. The summed E-state index contributed by atoms with van der Waals surface area (Å²) in [5.74, 6) is -1.31. The predicted molar refractivity (Wildman–Crippen MR) is 120 cm³/mol. The number of hydrazone groups is 1. The molecule has 0 unspecified atom stereocenters. The number of carbonyl (C=O) groups excluding carboxylic acids is 1. The highest BCUT2D eigenvalue weighted by atomic mass is 79.9. The molecule has 1 amide bonds. The lowest BCUT2D eigenvalue weighted by atomic mass is 9.98. The lowest BCUT2D eigenvalue weighted by Gasteiger charge is -2.22. The van der Waals surface area contributed by atoms with Gasteiger partial charge in [0.25, 0.3) is 0 Å². The van der Waals surface area contributed by atoms with Crippen molar-refractivity contribution in [1.82, 2.24) is 14.8 Å². The summed E-state index contributed by atoms with van der Waals surface area (Å²) in [6.45, 7) is 1.92. The second kappa shape index (κ2) is 8.85. The van der Waals surface area contributed by atoms with Gasteiger partial charge >= 0.3 is 5.97 Å². The summed E-state index contributed by atoms with van der Waals surface area (Å²) in [4.78, 5) is 23.8. The van der Waals surface area contributed by atoms with Gasteiger partial charge in [-0.2, -0.15) is 10.2 Å². The van der Waals surface area contributed by atoms with Gasteiger partial charge in [-0.1, -0.05) is 46.3 Å². The molecule has 1 aliphatic rings. The average molecular weight is 481 g/mol. The van der Waals surface area contributed by atoms with Crippen molar-refractivity contribution < 1.29 is 14.7 Å². The summed E-state index contributed by atoms with van der Waals surface area (Å²) in [5.41, 5.74) is 4.32. The number of rotatable bonds is 6. The lowest BCUT2D eigenvalue weighted by Crippen LogP contribution is -2.27. The van der Waals surface area contributed by atoms with E-state index in [2.05, 4.69) is 26.1 Å². The first-order valence-corrected chi connectivity index (χ1v) is 10.7. The van der Waals surface area contributed by atoms with Crippen molar-refractivity contribution in [2.45, 2.75) is 32.2 Å². The van der Waals surface area contributed by atoms with E-state index in [0.717, 1.165) is 32.7 Å². The Bertz CT molecular complexity index is 1160. The minimum Gasteiger partial charge on any atom is -0.481 e. The number of benzene rings is 2. The van der Waals surface area contributed by atoms with Gasteiger partial charge in [0.15, 0.2) is 0 Å². The summed E-state index contributed by atoms with van der Waals surface area (Å²) in [6.07, 6.45) is 2.12.